The van der Waals surface area contributed by atoms with Gasteiger partial charge in [-0.1, -0.05) is 12.8 Å². The standard InChI is InChI=1S/C18H33N5O/c1-3-24-15-10-18(8-4-5-9-18)16-21-17(19-2)20-11-6-13-23-14-7-12-22-23/h7,12,14H,3-6,8-11,13,15-16H2,1-2H3,(H2,19,20,21). The number of guanidine groups is 1. The number of hydrogen-bond donors (Lipinski definition) is 2. The van der Waals surface area contributed by atoms with Crippen molar-refractivity contribution in [3.63, 3.8) is 0 Å². The minimum atomic E-state index is 0.377. The van der Waals surface area contributed by atoms with Crippen molar-refractivity contribution in [2.75, 3.05) is 33.4 Å². The van der Waals surface area contributed by atoms with Crippen LogP contribution in [0.2, 0.25) is 0 Å². The Labute approximate surface area is 146 Å². The first-order valence-corrected chi connectivity index (χ1v) is 9.28. The van der Waals surface area contributed by atoms with E-state index in [1.807, 2.05) is 30.2 Å². The number of ether oxygens (including phenoxy) is 1. The fourth-order valence-corrected chi connectivity index (χ4v) is 3.45. The summed E-state index contributed by atoms with van der Waals surface area (Å²) in [5.41, 5.74) is 0.377. The largest absolute Gasteiger partial charge is 0.382 e. The van der Waals surface area contributed by atoms with Crippen LogP contribution in [0.1, 0.15) is 45.4 Å². The monoisotopic (exact) mass is 335 g/mol. The molecule has 136 valence electrons. The quantitative estimate of drug-likeness (QED) is 0.392. The summed E-state index contributed by atoms with van der Waals surface area (Å²) in [6.07, 6.45) is 11.2. The van der Waals surface area contributed by atoms with E-state index in [0.29, 0.717) is 5.41 Å². The molecule has 24 heavy (non-hydrogen) atoms. The van der Waals surface area contributed by atoms with Crippen LogP contribution in [0.25, 0.3) is 0 Å². The van der Waals surface area contributed by atoms with E-state index in [-0.39, 0.29) is 0 Å². The number of aryl methyl sites for hydroxylation is 1. The van der Waals surface area contributed by atoms with Gasteiger partial charge in [0.05, 0.1) is 0 Å². The SMILES string of the molecule is CCOCCC1(CNC(=NC)NCCCn2cccn2)CCCC1. The smallest absolute Gasteiger partial charge is 0.190 e. The molecule has 0 bridgehead atoms. The number of hydrogen-bond acceptors (Lipinski definition) is 3. The summed E-state index contributed by atoms with van der Waals surface area (Å²) < 4.78 is 7.54. The van der Waals surface area contributed by atoms with Crippen molar-refractivity contribution in [3.05, 3.63) is 18.5 Å². The summed E-state index contributed by atoms with van der Waals surface area (Å²) in [6.45, 7) is 6.55. The van der Waals surface area contributed by atoms with Crippen molar-refractivity contribution < 1.29 is 4.74 Å². The summed E-state index contributed by atoms with van der Waals surface area (Å²) in [4.78, 5) is 4.35. The molecule has 6 heteroatoms. The first-order chi connectivity index (χ1) is 11.8. The van der Waals surface area contributed by atoms with Crippen molar-refractivity contribution >= 4 is 5.96 Å². The third kappa shape index (κ3) is 6.15. The van der Waals surface area contributed by atoms with Gasteiger partial charge in [0.25, 0.3) is 0 Å². The van der Waals surface area contributed by atoms with Crippen LogP contribution in [-0.4, -0.2) is 49.1 Å². The van der Waals surface area contributed by atoms with Crippen molar-refractivity contribution in [3.8, 4) is 0 Å². The van der Waals surface area contributed by atoms with Crippen LogP contribution in [0, 0.1) is 5.41 Å². The van der Waals surface area contributed by atoms with Gasteiger partial charge < -0.3 is 15.4 Å². The second-order valence-electron chi connectivity index (χ2n) is 6.63. The lowest BCUT2D eigenvalue weighted by molar-refractivity contribution is 0.105. The maximum atomic E-state index is 5.59. The van der Waals surface area contributed by atoms with E-state index >= 15 is 0 Å². The van der Waals surface area contributed by atoms with Crippen LogP contribution in [0.15, 0.2) is 23.5 Å². The highest BCUT2D eigenvalue weighted by molar-refractivity contribution is 5.79. The Bertz CT molecular complexity index is 466. The van der Waals surface area contributed by atoms with Gasteiger partial charge in [-0.3, -0.25) is 9.67 Å². The van der Waals surface area contributed by atoms with Gasteiger partial charge in [-0.05, 0) is 44.1 Å². The molecule has 0 radical (unpaired) electrons. The van der Waals surface area contributed by atoms with Crippen LogP contribution in [0.5, 0.6) is 0 Å². The summed E-state index contributed by atoms with van der Waals surface area (Å²) in [6, 6.07) is 1.96. The molecule has 0 aromatic carbocycles. The number of nitrogens with one attached hydrogen (secondary N) is 2. The molecule has 1 aliphatic carbocycles. The molecule has 1 heterocycles. The van der Waals surface area contributed by atoms with E-state index in [9.17, 15) is 0 Å². The Morgan fingerprint density at radius 3 is 2.83 bits per heavy atom. The van der Waals surface area contributed by atoms with E-state index in [0.717, 1.165) is 51.6 Å². The number of aliphatic imine (C=N–C) groups is 1. The maximum Gasteiger partial charge on any atom is 0.190 e. The molecule has 2 N–H and O–H groups in total. The highest BCUT2D eigenvalue weighted by Gasteiger charge is 2.33. The molecule has 1 fully saturated rings. The summed E-state index contributed by atoms with van der Waals surface area (Å²) >= 11 is 0. The first kappa shape index (κ1) is 18.8. The number of rotatable bonds is 10. The van der Waals surface area contributed by atoms with E-state index in [4.69, 9.17) is 4.74 Å². The Hall–Kier alpha value is -1.56. The predicted octanol–water partition coefficient (Wildman–Crippen LogP) is 2.43. The molecule has 1 aliphatic rings. The molecule has 1 aromatic heterocycles. The second kappa shape index (κ2) is 10.3. The molecule has 6 nitrogen and oxygen atoms in total. The Morgan fingerprint density at radius 2 is 2.17 bits per heavy atom. The normalized spacial score (nSPS) is 17.2. The van der Waals surface area contributed by atoms with E-state index in [2.05, 4.69) is 27.6 Å². The van der Waals surface area contributed by atoms with Gasteiger partial charge in [0.2, 0.25) is 0 Å². The van der Waals surface area contributed by atoms with Gasteiger partial charge in [-0.15, -0.1) is 0 Å². The average molecular weight is 335 g/mol. The van der Waals surface area contributed by atoms with Gasteiger partial charge in [0.1, 0.15) is 0 Å². The van der Waals surface area contributed by atoms with Gasteiger partial charge in [-0.2, -0.15) is 5.10 Å². The predicted molar refractivity (Wildman–Crippen MR) is 98.2 cm³/mol. The molecule has 1 saturated carbocycles. The van der Waals surface area contributed by atoms with Gasteiger partial charge in [-0.25, -0.2) is 0 Å². The molecule has 0 unspecified atom stereocenters. The van der Waals surface area contributed by atoms with E-state index in [1.54, 1.807) is 0 Å². The summed E-state index contributed by atoms with van der Waals surface area (Å²) in [5, 5.41) is 11.2. The molecular weight excluding hydrogens is 302 g/mol. The molecule has 0 aliphatic heterocycles. The van der Waals surface area contributed by atoms with Gasteiger partial charge >= 0.3 is 0 Å². The number of aromatic nitrogens is 2. The van der Waals surface area contributed by atoms with Crippen molar-refractivity contribution in [2.45, 2.75) is 52.0 Å². The average Bonchev–Trinajstić information content (AvgIpc) is 3.27. The maximum absolute atomic E-state index is 5.59. The number of nitrogens with zero attached hydrogens (tertiary/aromatic N) is 3. The van der Waals surface area contributed by atoms with Crippen molar-refractivity contribution in [1.82, 2.24) is 20.4 Å². The van der Waals surface area contributed by atoms with Crippen molar-refractivity contribution in [2.24, 2.45) is 10.4 Å². The summed E-state index contributed by atoms with van der Waals surface area (Å²) in [5.74, 6) is 0.901. The van der Waals surface area contributed by atoms with Crippen LogP contribution in [0.3, 0.4) is 0 Å². The van der Waals surface area contributed by atoms with Gasteiger partial charge in [0.15, 0.2) is 5.96 Å². The van der Waals surface area contributed by atoms with Crippen LogP contribution >= 0.6 is 0 Å². The Kier molecular flexibility index (Phi) is 8.08. The summed E-state index contributed by atoms with van der Waals surface area (Å²) in [7, 11) is 1.84. The zero-order valence-corrected chi connectivity index (χ0v) is 15.3. The third-order valence-corrected chi connectivity index (χ3v) is 4.92. The highest BCUT2D eigenvalue weighted by Crippen LogP contribution is 2.40. The Morgan fingerprint density at radius 1 is 1.33 bits per heavy atom. The third-order valence-electron chi connectivity index (χ3n) is 4.92. The van der Waals surface area contributed by atoms with Crippen molar-refractivity contribution in [1.29, 1.82) is 0 Å². The van der Waals surface area contributed by atoms with E-state index in [1.165, 1.54) is 25.7 Å². The molecule has 1 aromatic rings. The molecule has 2 rings (SSSR count). The van der Waals surface area contributed by atoms with Crippen LogP contribution in [0.4, 0.5) is 0 Å². The first-order valence-electron chi connectivity index (χ1n) is 9.28. The lowest BCUT2D eigenvalue weighted by Gasteiger charge is -2.30. The topological polar surface area (TPSA) is 63.5 Å². The van der Waals surface area contributed by atoms with E-state index < -0.39 is 0 Å². The lowest BCUT2D eigenvalue weighted by Crippen LogP contribution is -2.43. The van der Waals surface area contributed by atoms with Crippen LogP contribution < -0.4 is 10.6 Å². The molecule has 0 spiro atoms. The molecule has 0 saturated heterocycles. The Balaban J connectivity index is 1.68. The molecule has 0 atom stereocenters. The molecule has 0 amide bonds. The zero-order valence-electron chi connectivity index (χ0n) is 15.3. The van der Waals surface area contributed by atoms with Gasteiger partial charge in [0, 0.05) is 52.3 Å². The van der Waals surface area contributed by atoms with Crippen LogP contribution in [-0.2, 0) is 11.3 Å². The zero-order chi connectivity index (χ0) is 17.1. The fourth-order valence-electron chi connectivity index (χ4n) is 3.45. The second-order valence-corrected chi connectivity index (χ2v) is 6.63. The lowest BCUT2D eigenvalue weighted by atomic mass is 9.83. The molecular formula is C18H33N5O. The fraction of sp³-hybridized carbons (Fsp3) is 0.778. The minimum Gasteiger partial charge on any atom is -0.382 e. The highest BCUT2D eigenvalue weighted by atomic mass is 16.5. The minimum absolute atomic E-state index is 0.377.